The zero-order valence-electron chi connectivity index (χ0n) is 20.6. The van der Waals surface area contributed by atoms with E-state index in [1.807, 2.05) is 96.8 Å². The predicted molar refractivity (Wildman–Crippen MR) is 138 cm³/mol. The summed E-state index contributed by atoms with van der Waals surface area (Å²) >= 11 is 0. The highest BCUT2D eigenvalue weighted by molar-refractivity contribution is 6.02. The summed E-state index contributed by atoms with van der Waals surface area (Å²) in [5.74, 6) is -1.24. The molecule has 5 heteroatoms. The van der Waals surface area contributed by atoms with Crippen LogP contribution in [0.2, 0.25) is 0 Å². The molecule has 0 aliphatic carbocycles. The summed E-state index contributed by atoms with van der Waals surface area (Å²) in [6.07, 6.45) is 0. The molecule has 0 saturated carbocycles. The van der Waals surface area contributed by atoms with Gasteiger partial charge < -0.3 is 4.90 Å². The summed E-state index contributed by atoms with van der Waals surface area (Å²) in [6.45, 7) is 3.05. The summed E-state index contributed by atoms with van der Waals surface area (Å²) in [5.41, 5.74) is 3.34. The van der Waals surface area contributed by atoms with E-state index in [1.54, 1.807) is 19.0 Å². The Balaban J connectivity index is 1.82. The molecule has 3 aromatic carbocycles. The van der Waals surface area contributed by atoms with Gasteiger partial charge in [-0.15, -0.1) is 0 Å². The minimum absolute atomic E-state index is 0.00622. The van der Waals surface area contributed by atoms with E-state index in [0.29, 0.717) is 24.2 Å². The highest BCUT2D eigenvalue weighted by Gasteiger charge is 2.45. The molecule has 1 saturated heterocycles. The maximum Gasteiger partial charge on any atom is 0.236 e. The minimum atomic E-state index is -0.458. The number of hydrogen-bond acceptors (Lipinski definition) is 4. The number of nitrogens with zero attached hydrogens (tertiary/aromatic N) is 2. The number of Topliss-reactive ketones (excluding diaryl/α,β-unsaturated/α-hetero) is 2. The van der Waals surface area contributed by atoms with Gasteiger partial charge in [0.05, 0.1) is 6.54 Å². The van der Waals surface area contributed by atoms with Crippen LogP contribution in [0.25, 0.3) is 0 Å². The third-order valence-corrected chi connectivity index (χ3v) is 6.97. The van der Waals surface area contributed by atoms with Gasteiger partial charge in [-0.05, 0) is 18.1 Å². The number of rotatable bonds is 7. The van der Waals surface area contributed by atoms with Crippen molar-refractivity contribution >= 4 is 17.5 Å². The smallest absolute Gasteiger partial charge is 0.236 e. The first-order valence-corrected chi connectivity index (χ1v) is 12.0. The van der Waals surface area contributed by atoms with Crippen molar-refractivity contribution in [1.29, 1.82) is 0 Å². The van der Waals surface area contributed by atoms with Crippen LogP contribution in [0.3, 0.4) is 0 Å². The van der Waals surface area contributed by atoms with Gasteiger partial charge in [0.25, 0.3) is 0 Å². The average molecular weight is 469 g/mol. The fraction of sp³-hybridized carbons (Fsp3) is 0.300. The summed E-state index contributed by atoms with van der Waals surface area (Å²) in [7, 11) is 3.45. The highest BCUT2D eigenvalue weighted by atomic mass is 16.2. The molecule has 3 aromatic rings. The molecule has 1 aliphatic rings. The SMILES string of the molecule is Cc1ccccc1C1[C@@H](C(=O)c2ccccc2)CN(CC(=O)N(C)C)C[C@@H]1C(=O)c1ccccc1. The number of piperidine rings is 1. The van der Waals surface area contributed by atoms with Crippen LogP contribution in [0.5, 0.6) is 0 Å². The van der Waals surface area contributed by atoms with Crippen LogP contribution in [0.15, 0.2) is 84.9 Å². The van der Waals surface area contributed by atoms with Gasteiger partial charge in [0.1, 0.15) is 0 Å². The standard InChI is InChI=1S/C30H32N2O3/c1-21-12-10-11-17-24(21)28-25(29(34)22-13-6-4-7-14-22)18-32(20-27(33)31(2)3)19-26(28)30(35)23-15-8-5-9-16-23/h4-17,25-26,28H,18-20H2,1-3H3/t25-,26-/m0/s1. The van der Waals surface area contributed by atoms with Crippen LogP contribution in [-0.4, -0.2) is 61.0 Å². The first-order valence-electron chi connectivity index (χ1n) is 12.0. The van der Waals surface area contributed by atoms with Gasteiger partial charge in [0.2, 0.25) is 5.91 Å². The summed E-state index contributed by atoms with van der Waals surface area (Å²) < 4.78 is 0. The number of ketones is 2. The molecule has 1 aliphatic heterocycles. The normalized spacial score (nSPS) is 18.7. The number of likely N-dealkylation sites (tertiary alicyclic amines) is 1. The molecule has 35 heavy (non-hydrogen) atoms. The predicted octanol–water partition coefficient (Wildman–Crippen LogP) is 4.48. The van der Waals surface area contributed by atoms with Crippen molar-refractivity contribution in [3.8, 4) is 0 Å². The Kier molecular flexibility index (Phi) is 7.57. The van der Waals surface area contributed by atoms with Crippen molar-refractivity contribution in [2.75, 3.05) is 33.7 Å². The monoisotopic (exact) mass is 468 g/mol. The molecule has 1 fully saturated rings. The summed E-state index contributed by atoms with van der Waals surface area (Å²) in [6, 6.07) is 26.6. The van der Waals surface area contributed by atoms with E-state index in [-0.39, 0.29) is 29.9 Å². The molecule has 0 aromatic heterocycles. The first-order chi connectivity index (χ1) is 16.9. The van der Waals surface area contributed by atoms with Crippen molar-refractivity contribution in [2.45, 2.75) is 12.8 Å². The first kappa shape index (κ1) is 24.6. The van der Waals surface area contributed by atoms with Gasteiger partial charge >= 0.3 is 0 Å². The lowest BCUT2D eigenvalue weighted by Gasteiger charge is -2.43. The largest absolute Gasteiger partial charge is 0.348 e. The topological polar surface area (TPSA) is 57.7 Å². The Morgan fingerprint density at radius 3 is 1.66 bits per heavy atom. The summed E-state index contributed by atoms with van der Waals surface area (Å²) in [4.78, 5) is 44.0. The van der Waals surface area contributed by atoms with Crippen molar-refractivity contribution < 1.29 is 14.4 Å². The second-order valence-corrected chi connectivity index (χ2v) is 9.54. The van der Waals surface area contributed by atoms with Crippen molar-refractivity contribution in [3.05, 3.63) is 107 Å². The molecule has 0 radical (unpaired) electrons. The Hall–Kier alpha value is -3.57. The van der Waals surface area contributed by atoms with E-state index in [1.165, 1.54) is 0 Å². The van der Waals surface area contributed by atoms with E-state index < -0.39 is 11.8 Å². The highest BCUT2D eigenvalue weighted by Crippen LogP contribution is 2.42. The van der Waals surface area contributed by atoms with Crippen molar-refractivity contribution in [3.63, 3.8) is 0 Å². The zero-order valence-corrected chi connectivity index (χ0v) is 20.6. The minimum Gasteiger partial charge on any atom is -0.348 e. The lowest BCUT2D eigenvalue weighted by Crippen LogP contribution is -2.52. The Morgan fingerprint density at radius 1 is 0.743 bits per heavy atom. The second kappa shape index (κ2) is 10.8. The van der Waals surface area contributed by atoms with E-state index in [4.69, 9.17) is 0 Å². The fourth-order valence-corrected chi connectivity index (χ4v) is 5.12. The third kappa shape index (κ3) is 5.41. The lowest BCUT2D eigenvalue weighted by atomic mass is 9.68. The number of amides is 1. The molecule has 4 rings (SSSR count). The Morgan fingerprint density at radius 2 is 1.20 bits per heavy atom. The van der Waals surface area contributed by atoms with Gasteiger partial charge in [-0.2, -0.15) is 0 Å². The third-order valence-electron chi connectivity index (χ3n) is 6.97. The molecule has 1 amide bonds. The molecule has 0 unspecified atom stereocenters. The van der Waals surface area contributed by atoms with Crippen LogP contribution in [-0.2, 0) is 4.79 Å². The second-order valence-electron chi connectivity index (χ2n) is 9.54. The van der Waals surface area contributed by atoms with Gasteiger partial charge in [-0.1, -0.05) is 84.9 Å². The van der Waals surface area contributed by atoms with Gasteiger partial charge in [-0.25, -0.2) is 0 Å². The maximum atomic E-state index is 13.9. The number of likely N-dealkylation sites (N-methyl/N-ethyl adjacent to an activating group) is 1. The quantitative estimate of drug-likeness (QED) is 0.480. The molecule has 180 valence electrons. The van der Waals surface area contributed by atoms with Gasteiger partial charge in [0, 0.05) is 56.1 Å². The summed E-state index contributed by atoms with van der Waals surface area (Å²) in [5, 5.41) is 0. The molecule has 0 bridgehead atoms. The molecular weight excluding hydrogens is 436 g/mol. The van der Waals surface area contributed by atoms with E-state index >= 15 is 0 Å². The van der Waals surface area contributed by atoms with Crippen LogP contribution in [0, 0.1) is 18.8 Å². The fourth-order valence-electron chi connectivity index (χ4n) is 5.12. The van der Waals surface area contributed by atoms with Crippen LogP contribution >= 0.6 is 0 Å². The lowest BCUT2D eigenvalue weighted by molar-refractivity contribution is -0.130. The molecule has 5 nitrogen and oxygen atoms in total. The number of carbonyl (C=O) groups excluding carboxylic acids is 3. The molecule has 0 spiro atoms. The van der Waals surface area contributed by atoms with Crippen molar-refractivity contribution in [1.82, 2.24) is 9.80 Å². The maximum absolute atomic E-state index is 13.9. The molecule has 2 atom stereocenters. The Bertz CT molecular complexity index is 1130. The number of carbonyl (C=O) groups is 3. The number of benzene rings is 3. The average Bonchev–Trinajstić information content (AvgIpc) is 2.88. The van der Waals surface area contributed by atoms with E-state index in [2.05, 4.69) is 0 Å². The molecular formula is C30H32N2O3. The zero-order chi connectivity index (χ0) is 24.9. The van der Waals surface area contributed by atoms with Gasteiger partial charge in [-0.3, -0.25) is 19.3 Å². The van der Waals surface area contributed by atoms with Crippen molar-refractivity contribution in [2.24, 2.45) is 11.8 Å². The Labute approximate surface area is 207 Å². The van der Waals surface area contributed by atoms with Crippen LogP contribution < -0.4 is 0 Å². The van der Waals surface area contributed by atoms with E-state index in [9.17, 15) is 14.4 Å². The van der Waals surface area contributed by atoms with Crippen LogP contribution in [0.4, 0.5) is 0 Å². The number of hydrogen-bond donors (Lipinski definition) is 0. The van der Waals surface area contributed by atoms with Gasteiger partial charge in [0.15, 0.2) is 11.6 Å². The molecule has 1 heterocycles. The molecule has 0 N–H and O–H groups in total. The number of aryl methyl sites for hydroxylation is 1. The van der Waals surface area contributed by atoms with Crippen LogP contribution in [0.1, 0.15) is 37.8 Å². The van der Waals surface area contributed by atoms with E-state index in [0.717, 1.165) is 11.1 Å².